The molecule has 0 radical (unpaired) electrons. The Labute approximate surface area is 159 Å². The van der Waals surface area contributed by atoms with E-state index in [-0.39, 0.29) is 5.88 Å². The lowest BCUT2D eigenvalue weighted by Gasteiger charge is -2.07. The average molecular weight is 354 g/mol. The van der Waals surface area contributed by atoms with Crippen molar-refractivity contribution in [2.75, 3.05) is 0 Å². The minimum atomic E-state index is 0.156. The summed E-state index contributed by atoms with van der Waals surface area (Å²) in [6, 6.07) is 24.4. The van der Waals surface area contributed by atoms with Crippen LogP contribution in [0.3, 0.4) is 0 Å². The molecule has 1 heterocycles. The number of aryl methyl sites for hydroxylation is 3. The first kappa shape index (κ1) is 17.1. The highest BCUT2D eigenvalue weighted by Crippen LogP contribution is 2.40. The van der Waals surface area contributed by atoms with Crippen LogP contribution in [0.15, 0.2) is 72.8 Å². The zero-order valence-corrected chi connectivity index (χ0v) is 15.8. The molecule has 1 N–H and O–H groups in total. The molecule has 4 aromatic rings. The van der Waals surface area contributed by atoms with Crippen molar-refractivity contribution in [1.82, 2.24) is 9.78 Å². The summed E-state index contributed by atoms with van der Waals surface area (Å²) in [7, 11) is 0. The summed E-state index contributed by atoms with van der Waals surface area (Å²) in [5, 5.41) is 15.9. The number of hydrogen-bond acceptors (Lipinski definition) is 2. The smallest absolute Gasteiger partial charge is 0.222 e. The van der Waals surface area contributed by atoms with Crippen molar-refractivity contribution in [3.05, 3.63) is 89.5 Å². The Morgan fingerprint density at radius 1 is 0.704 bits per heavy atom. The minimum absolute atomic E-state index is 0.156. The molecule has 0 spiro atoms. The fourth-order valence-electron chi connectivity index (χ4n) is 3.28. The maximum atomic E-state index is 11.1. The standard InChI is InChI=1S/C24H22N2O/c1-16-8-12-19(13-9-16)22-23(20-14-10-17(2)11-15-20)25-26(24(22)27)21-7-5-4-6-18(21)3/h4-15,27H,1-3H3. The maximum absolute atomic E-state index is 11.1. The first-order valence-electron chi connectivity index (χ1n) is 9.06. The fourth-order valence-corrected chi connectivity index (χ4v) is 3.28. The molecule has 3 nitrogen and oxygen atoms in total. The molecule has 0 saturated heterocycles. The summed E-state index contributed by atoms with van der Waals surface area (Å²) in [6.07, 6.45) is 0. The van der Waals surface area contributed by atoms with Crippen LogP contribution in [-0.4, -0.2) is 14.9 Å². The number of nitrogens with zero attached hydrogens (tertiary/aromatic N) is 2. The van der Waals surface area contributed by atoms with E-state index in [4.69, 9.17) is 5.10 Å². The Hall–Kier alpha value is -3.33. The number of aromatic hydroxyl groups is 1. The second kappa shape index (κ2) is 6.76. The molecule has 0 aliphatic heterocycles. The monoisotopic (exact) mass is 354 g/mol. The molecule has 0 atom stereocenters. The van der Waals surface area contributed by atoms with E-state index in [0.29, 0.717) is 0 Å². The van der Waals surface area contributed by atoms with E-state index in [1.807, 2.05) is 43.3 Å². The van der Waals surface area contributed by atoms with Gasteiger partial charge in [-0.1, -0.05) is 77.9 Å². The van der Waals surface area contributed by atoms with Gasteiger partial charge in [-0.25, -0.2) is 0 Å². The van der Waals surface area contributed by atoms with Gasteiger partial charge in [-0.2, -0.15) is 9.78 Å². The third-order valence-corrected chi connectivity index (χ3v) is 4.87. The summed E-state index contributed by atoms with van der Waals surface area (Å²) in [4.78, 5) is 0. The SMILES string of the molecule is Cc1ccc(-c2nn(-c3ccccc3C)c(O)c2-c2ccc(C)cc2)cc1. The van der Waals surface area contributed by atoms with Crippen molar-refractivity contribution in [3.8, 4) is 34.0 Å². The van der Waals surface area contributed by atoms with Gasteiger partial charge in [0, 0.05) is 5.56 Å². The van der Waals surface area contributed by atoms with Crippen LogP contribution < -0.4 is 0 Å². The second-order valence-corrected chi connectivity index (χ2v) is 6.98. The van der Waals surface area contributed by atoms with Gasteiger partial charge in [0.1, 0.15) is 5.69 Å². The normalized spacial score (nSPS) is 10.9. The van der Waals surface area contributed by atoms with Crippen LogP contribution >= 0.6 is 0 Å². The zero-order valence-electron chi connectivity index (χ0n) is 15.8. The van der Waals surface area contributed by atoms with Crippen molar-refractivity contribution < 1.29 is 5.11 Å². The lowest BCUT2D eigenvalue weighted by atomic mass is 10.00. The fraction of sp³-hybridized carbons (Fsp3) is 0.125. The van der Waals surface area contributed by atoms with Gasteiger partial charge >= 0.3 is 0 Å². The van der Waals surface area contributed by atoms with Gasteiger partial charge in [-0.15, -0.1) is 0 Å². The van der Waals surface area contributed by atoms with Gasteiger partial charge in [0.05, 0.1) is 11.3 Å². The highest BCUT2D eigenvalue weighted by Gasteiger charge is 2.21. The number of rotatable bonds is 3. The molecule has 0 aliphatic carbocycles. The van der Waals surface area contributed by atoms with Crippen molar-refractivity contribution in [2.24, 2.45) is 0 Å². The summed E-state index contributed by atoms with van der Waals surface area (Å²) in [5.74, 6) is 0.156. The van der Waals surface area contributed by atoms with Crippen LogP contribution in [0, 0.1) is 20.8 Å². The summed E-state index contributed by atoms with van der Waals surface area (Å²) in [6.45, 7) is 6.14. The van der Waals surface area contributed by atoms with Gasteiger partial charge in [-0.05, 0) is 38.0 Å². The molecule has 4 rings (SSSR count). The lowest BCUT2D eigenvalue weighted by molar-refractivity contribution is 0.435. The Bertz CT molecular complexity index is 1090. The molecule has 0 amide bonds. The van der Waals surface area contributed by atoms with Gasteiger partial charge in [0.2, 0.25) is 5.88 Å². The second-order valence-electron chi connectivity index (χ2n) is 6.98. The van der Waals surface area contributed by atoms with E-state index in [9.17, 15) is 5.11 Å². The number of para-hydroxylation sites is 1. The summed E-state index contributed by atoms with van der Waals surface area (Å²) < 4.78 is 1.64. The Kier molecular flexibility index (Phi) is 4.28. The van der Waals surface area contributed by atoms with Crippen LogP contribution in [0.4, 0.5) is 0 Å². The minimum Gasteiger partial charge on any atom is -0.493 e. The molecule has 3 heteroatoms. The third kappa shape index (κ3) is 3.13. The van der Waals surface area contributed by atoms with Gasteiger partial charge in [0.15, 0.2) is 0 Å². The molecular weight excluding hydrogens is 332 g/mol. The molecule has 27 heavy (non-hydrogen) atoms. The van der Waals surface area contributed by atoms with Crippen LogP contribution in [0.25, 0.3) is 28.1 Å². The van der Waals surface area contributed by atoms with Crippen molar-refractivity contribution >= 4 is 0 Å². The average Bonchev–Trinajstić information content (AvgIpc) is 3.00. The van der Waals surface area contributed by atoms with Crippen LogP contribution in [0.1, 0.15) is 16.7 Å². The molecule has 0 aliphatic rings. The Morgan fingerprint density at radius 3 is 1.85 bits per heavy atom. The molecule has 1 aromatic heterocycles. The molecule has 134 valence electrons. The maximum Gasteiger partial charge on any atom is 0.222 e. The van der Waals surface area contributed by atoms with Gasteiger partial charge < -0.3 is 5.11 Å². The van der Waals surface area contributed by atoms with E-state index in [1.165, 1.54) is 11.1 Å². The van der Waals surface area contributed by atoms with E-state index in [0.717, 1.165) is 33.6 Å². The summed E-state index contributed by atoms with van der Waals surface area (Å²) in [5.41, 5.74) is 7.77. The number of aromatic nitrogens is 2. The van der Waals surface area contributed by atoms with Crippen molar-refractivity contribution in [2.45, 2.75) is 20.8 Å². The first-order valence-corrected chi connectivity index (χ1v) is 9.06. The van der Waals surface area contributed by atoms with Crippen LogP contribution in [-0.2, 0) is 0 Å². The predicted octanol–water partition coefficient (Wildman–Crippen LogP) is 5.84. The predicted molar refractivity (Wildman–Crippen MR) is 110 cm³/mol. The van der Waals surface area contributed by atoms with E-state index in [1.54, 1.807) is 4.68 Å². The molecule has 0 unspecified atom stereocenters. The molecule has 3 aromatic carbocycles. The Balaban J connectivity index is 1.99. The molecule has 0 saturated carbocycles. The van der Waals surface area contributed by atoms with Gasteiger partial charge in [0.25, 0.3) is 0 Å². The number of hydrogen-bond donors (Lipinski definition) is 1. The highest BCUT2D eigenvalue weighted by molar-refractivity contribution is 5.85. The van der Waals surface area contributed by atoms with Crippen molar-refractivity contribution in [1.29, 1.82) is 0 Å². The van der Waals surface area contributed by atoms with Crippen molar-refractivity contribution in [3.63, 3.8) is 0 Å². The summed E-state index contributed by atoms with van der Waals surface area (Å²) >= 11 is 0. The highest BCUT2D eigenvalue weighted by atomic mass is 16.3. The molecular formula is C24H22N2O. The topological polar surface area (TPSA) is 38.0 Å². The molecule has 0 fully saturated rings. The molecule has 0 bridgehead atoms. The zero-order chi connectivity index (χ0) is 19.0. The number of benzene rings is 3. The largest absolute Gasteiger partial charge is 0.493 e. The van der Waals surface area contributed by atoms with Gasteiger partial charge in [-0.3, -0.25) is 0 Å². The Morgan fingerprint density at radius 2 is 1.26 bits per heavy atom. The van der Waals surface area contributed by atoms with Crippen LogP contribution in [0.2, 0.25) is 0 Å². The van der Waals surface area contributed by atoms with E-state index in [2.05, 4.69) is 50.2 Å². The van der Waals surface area contributed by atoms with E-state index >= 15 is 0 Å². The quantitative estimate of drug-likeness (QED) is 0.502. The lowest BCUT2D eigenvalue weighted by Crippen LogP contribution is -1.98. The third-order valence-electron chi connectivity index (χ3n) is 4.87. The van der Waals surface area contributed by atoms with E-state index < -0.39 is 0 Å². The van der Waals surface area contributed by atoms with Crippen LogP contribution in [0.5, 0.6) is 5.88 Å². The first-order chi connectivity index (χ1) is 13.0.